The summed E-state index contributed by atoms with van der Waals surface area (Å²) in [4.78, 5) is 4.20. The highest BCUT2D eigenvalue weighted by Crippen LogP contribution is 2.38. The van der Waals surface area contributed by atoms with Gasteiger partial charge in [0.25, 0.3) is 0 Å². The molecule has 0 radical (unpaired) electrons. The third kappa shape index (κ3) is 2.92. The van der Waals surface area contributed by atoms with Crippen molar-refractivity contribution < 1.29 is 23.7 Å². The van der Waals surface area contributed by atoms with Crippen molar-refractivity contribution >= 4 is 16.7 Å². The fraction of sp³-hybridized carbons (Fsp3) is 0.381. The average Bonchev–Trinajstić information content (AvgIpc) is 3.22. The summed E-state index contributed by atoms with van der Waals surface area (Å²) in [7, 11) is 0. The molecule has 0 saturated heterocycles. The molecule has 5 N–H and O–H groups in total. The van der Waals surface area contributed by atoms with E-state index in [0.717, 1.165) is 5.56 Å². The average molecular weight is 416 g/mol. The Morgan fingerprint density at radius 1 is 1.13 bits per heavy atom. The van der Waals surface area contributed by atoms with Crippen molar-refractivity contribution in [3.8, 4) is 5.75 Å². The number of pyridine rings is 1. The normalized spacial score (nSPS) is 26.1. The second kappa shape index (κ2) is 7.19. The predicted molar refractivity (Wildman–Crippen MR) is 106 cm³/mol. The third-order valence-electron chi connectivity index (χ3n) is 6.12. The van der Waals surface area contributed by atoms with Crippen molar-refractivity contribution in [3.05, 3.63) is 53.4 Å². The Balaban J connectivity index is 1.46. The number of aliphatic hydroxyl groups excluding tert-OH is 2. The van der Waals surface area contributed by atoms with Gasteiger partial charge >= 0.3 is 0 Å². The SMILES string of the molecule is Nc1ccnc2c1c(F)cn2[C@@H]1C[C@H](Oc2ccc(F)c3c2CNCC3)[C@@H](O)[C@H]1O. The number of benzene rings is 1. The van der Waals surface area contributed by atoms with E-state index in [-0.39, 0.29) is 23.3 Å². The van der Waals surface area contributed by atoms with E-state index in [0.29, 0.717) is 36.5 Å². The maximum Gasteiger partial charge on any atom is 0.152 e. The molecule has 4 atom stereocenters. The first-order chi connectivity index (χ1) is 14.5. The minimum atomic E-state index is -1.20. The summed E-state index contributed by atoms with van der Waals surface area (Å²) in [6.07, 6.45) is 0.345. The Bertz CT molecular complexity index is 1120. The Hall–Kier alpha value is -2.75. The lowest BCUT2D eigenvalue weighted by atomic mass is 9.99. The van der Waals surface area contributed by atoms with Crippen molar-refractivity contribution in [1.29, 1.82) is 0 Å². The van der Waals surface area contributed by atoms with Crippen molar-refractivity contribution in [1.82, 2.24) is 14.9 Å². The molecule has 7 nitrogen and oxygen atoms in total. The molecule has 30 heavy (non-hydrogen) atoms. The van der Waals surface area contributed by atoms with Gasteiger partial charge in [0.15, 0.2) is 5.82 Å². The van der Waals surface area contributed by atoms with Crippen LogP contribution in [-0.4, -0.2) is 44.6 Å². The first kappa shape index (κ1) is 19.2. The topological polar surface area (TPSA) is 106 Å². The van der Waals surface area contributed by atoms with Crippen LogP contribution in [0.3, 0.4) is 0 Å². The summed E-state index contributed by atoms with van der Waals surface area (Å²) >= 11 is 0. The molecule has 0 spiro atoms. The number of rotatable bonds is 3. The molecule has 1 aromatic carbocycles. The second-order valence-corrected chi connectivity index (χ2v) is 7.85. The number of ether oxygens (including phenoxy) is 1. The number of halogens is 2. The molecule has 1 fully saturated rings. The lowest BCUT2D eigenvalue weighted by Gasteiger charge is -2.24. The van der Waals surface area contributed by atoms with Crippen LogP contribution in [0.25, 0.3) is 11.0 Å². The number of nitrogens with two attached hydrogens (primary N) is 1. The van der Waals surface area contributed by atoms with E-state index in [4.69, 9.17) is 10.5 Å². The Labute approximate surface area is 171 Å². The Morgan fingerprint density at radius 2 is 1.97 bits per heavy atom. The molecule has 2 aromatic heterocycles. The molecule has 0 unspecified atom stereocenters. The zero-order valence-electron chi connectivity index (χ0n) is 16.1. The molecular weight excluding hydrogens is 394 g/mol. The van der Waals surface area contributed by atoms with Gasteiger partial charge in [-0.05, 0) is 36.7 Å². The zero-order valence-corrected chi connectivity index (χ0v) is 16.1. The molecule has 2 aliphatic rings. The molecule has 158 valence electrons. The van der Waals surface area contributed by atoms with Gasteiger partial charge in [-0.1, -0.05) is 0 Å². The van der Waals surface area contributed by atoms with Gasteiger partial charge in [-0.15, -0.1) is 0 Å². The monoisotopic (exact) mass is 416 g/mol. The van der Waals surface area contributed by atoms with E-state index >= 15 is 0 Å². The molecule has 0 bridgehead atoms. The van der Waals surface area contributed by atoms with Gasteiger partial charge in [-0.2, -0.15) is 0 Å². The van der Waals surface area contributed by atoms with Crippen molar-refractivity contribution in [2.24, 2.45) is 0 Å². The first-order valence-corrected chi connectivity index (χ1v) is 9.90. The summed E-state index contributed by atoms with van der Waals surface area (Å²) in [6, 6.07) is 3.75. The molecule has 3 aromatic rings. The van der Waals surface area contributed by atoms with Gasteiger partial charge in [0.05, 0.1) is 11.4 Å². The first-order valence-electron chi connectivity index (χ1n) is 9.90. The van der Waals surface area contributed by atoms with E-state index in [9.17, 15) is 19.0 Å². The van der Waals surface area contributed by atoms with E-state index < -0.39 is 30.2 Å². The zero-order chi connectivity index (χ0) is 21.0. The summed E-state index contributed by atoms with van der Waals surface area (Å²) in [5.41, 5.74) is 7.75. The van der Waals surface area contributed by atoms with Gasteiger partial charge in [-0.3, -0.25) is 0 Å². The fourth-order valence-corrected chi connectivity index (χ4v) is 4.57. The molecule has 1 saturated carbocycles. The highest BCUT2D eigenvalue weighted by Gasteiger charge is 2.45. The highest BCUT2D eigenvalue weighted by molar-refractivity contribution is 5.89. The molecule has 1 aliphatic carbocycles. The number of aromatic nitrogens is 2. The number of nitrogen functional groups attached to an aromatic ring is 1. The van der Waals surface area contributed by atoms with Crippen LogP contribution >= 0.6 is 0 Å². The summed E-state index contributed by atoms with van der Waals surface area (Å²) in [5.74, 6) is -0.344. The van der Waals surface area contributed by atoms with Crippen LogP contribution in [-0.2, 0) is 13.0 Å². The van der Waals surface area contributed by atoms with Crippen LogP contribution in [0, 0.1) is 11.6 Å². The van der Waals surface area contributed by atoms with E-state index in [1.165, 1.54) is 29.1 Å². The van der Waals surface area contributed by atoms with E-state index in [1.54, 1.807) is 6.07 Å². The van der Waals surface area contributed by atoms with Crippen LogP contribution in [0.5, 0.6) is 5.75 Å². The summed E-state index contributed by atoms with van der Waals surface area (Å²) in [6.45, 7) is 1.15. The third-order valence-corrected chi connectivity index (χ3v) is 6.12. The van der Waals surface area contributed by atoms with Crippen LogP contribution in [0.15, 0.2) is 30.6 Å². The second-order valence-electron chi connectivity index (χ2n) is 7.85. The number of hydrogen-bond donors (Lipinski definition) is 4. The predicted octanol–water partition coefficient (Wildman–Crippen LogP) is 1.66. The largest absolute Gasteiger partial charge is 0.487 e. The molecule has 3 heterocycles. The fourth-order valence-electron chi connectivity index (χ4n) is 4.57. The van der Waals surface area contributed by atoms with Gasteiger partial charge < -0.3 is 30.6 Å². The van der Waals surface area contributed by atoms with E-state index in [1.807, 2.05) is 0 Å². The Morgan fingerprint density at radius 3 is 2.80 bits per heavy atom. The lowest BCUT2D eigenvalue weighted by Crippen LogP contribution is -2.35. The lowest BCUT2D eigenvalue weighted by molar-refractivity contribution is -0.0167. The number of anilines is 1. The van der Waals surface area contributed by atoms with Crippen LogP contribution in [0.4, 0.5) is 14.5 Å². The van der Waals surface area contributed by atoms with Gasteiger partial charge in [-0.25, -0.2) is 13.8 Å². The maximum absolute atomic E-state index is 14.5. The maximum atomic E-state index is 14.5. The summed E-state index contributed by atoms with van der Waals surface area (Å²) in [5, 5.41) is 24.7. The van der Waals surface area contributed by atoms with Gasteiger partial charge in [0, 0.05) is 36.6 Å². The van der Waals surface area contributed by atoms with Crippen LogP contribution < -0.4 is 15.8 Å². The molecule has 0 amide bonds. The highest BCUT2D eigenvalue weighted by atomic mass is 19.1. The van der Waals surface area contributed by atoms with Crippen molar-refractivity contribution in [2.75, 3.05) is 12.3 Å². The Kier molecular flexibility index (Phi) is 4.61. The van der Waals surface area contributed by atoms with Crippen LogP contribution in [0.1, 0.15) is 23.6 Å². The number of aliphatic hydroxyl groups is 2. The van der Waals surface area contributed by atoms with Gasteiger partial charge in [0.2, 0.25) is 0 Å². The molecule has 1 aliphatic heterocycles. The number of nitrogens with zero attached hydrogens (tertiary/aromatic N) is 2. The molecule has 9 heteroatoms. The quantitative estimate of drug-likeness (QED) is 0.518. The van der Waals surface area contributed by atoms with Crippen LogP contribution in [0.2, 0.25) is 0 Å². The smallest absolute Gasteiger partial charge is 0.152 e. The minimum absolute atomic E-state index is 0.183. The standard InChI is InChI=1S/C21H22F2N4O3/c22-12-1-2-16(11-8-25-5-3-10(11)12)30-17-7-15(19(28)20(17)29)27-9-13(23)18-14(24)4-6-26-21(18)27/h1-2,4,6,9,15,17,19-20,25,28-29H,3,5,7-8H2,(H2,24,26)/t15-,17+,19+,20-/m1/s1. The minimum Gasteiger partial charge on any atom is -0.487 e. The van der Waals surface area contributed by atoms with E-state index in [2.05, 4.69) is 10.3 Å². The number of nitrogens with one attached hydrogen (secondary N) is 1. The number of hydrogen-bond acceptors (Lipinski definition) is 6. The van der Waals surface area contributed by atoms with Crippen molar-refractivity contribution in [2.45, 2.75) is 43.7 Å². The van der Waals surface area contributed by atoms with Crippen molar-refractivity contribution in [3.63, 3.8) is 0 Å². The summed E-state index contributed by atoms with van der Waals surface area (Å²) < 4.78 is 36.1. The molecular formula is C21H22F2N4O3. The number of fused-ring (bicyclic) bond motifs is 2. The van der Waals surface area contributed by atoms with Gasteiger partial charge in [0.1, 0.15) is 35.5 Å². The molecule has 5 rings (SSSR count).